The standard InChI is InChI=1S/C15H16N6OS2/c1-3-11-18-19-15-21(11)20-13(24-15)9-6-5-7-10(8-9)16-14(23)17-12(22)4-2/h5-8H,3-4H2,1-2H3,(H2,16,17,22,23). The minimum Gasteiger partial charge on any atom is -0.332 e. The molecule has 2 N–H and O–H groups in total. The molecule has 0 radical (unpaired) electrons. The number of aromatic nitrogens is 4. The van der Waals surface area contributed by atoms with Gasteiger partial charge in [-0.15, -0.1) is 10.2 Å². The Morgan fingerprint density at radius 2 is 2.17 bits per heavy atom. The van der Waals surface area contributed by atoms with Crippen molar-refractivity contribution in [3.05, 3.63) is 30.1 Å². The number of nitrogens with one attached hydrogen (secondary N) is 2. The van der Waals surface area contributed by atoms with E-state index in [1.165, 1.54) is 11.3 Å². The minimum absolute atomic E-state index is 0.121. The average molecular weight is 360 g/mol. The van der Waals surface area contributed by atoms with Crippen molar-refractivity contribution >= 4 is 45.2 Å². The number of fused-ring (bicyclic) bond motifs is 1. The SMILES string of the molecule is CCC(=O)NC(=S)Nc1cccc(-c2nn3c(CC)nnc3s2)c1. The summed E-state index contributed by atoms with van der Waals surface area (Å²) in [6.45, 7) is 3.79. The smallest absolute Gasteiger partial charge is 0.234 e. The molecule has 3 aromatic rings. The van der Waals surface area contributed by atoms with Gasteiger partial charge in [0.1, 0.15) is 5.01 Å². The number of nitrogens with zero attached hydrogens (tertiary/aromatic N) is 4. The Bertz CT molecular complexity index is 900. The Balaban J connectivity index is 1.82. The molecule has 0 spiro atoms. The summed E-state index contributed by atoms with van der Waals surface area (Å²) >= 11 is 6.61. The summed E-state index contributed by atoms with van der Waals surface area (Å²) in [6, 6.07) is 7.69. The number of hydrogen-bond acceptors (Lipinski definition) is 6. The van der Waals surface area contributed by atoms with E-state index in [-0.39, 0.29) is 11.0 Å². The number of rotatable bonds is 4. The number of thiocarbonyl (C=S) groups is 1. The number of benzene rings is 1. The Morgan fingerprint density at radius 3 is 2.92 bits per heavy atom. The van der Waals surface area contributed by atoms with Crippen LogP contribution in [0.25, 0.3) is 15.5 Å². The van der Waals surface area contributed by atoms with Crippen molar-refractivity contribution in [1.82, 2.24) is 25.1 Å². The zero-order valence-electron chi connectivity index (χ0n) is 13.2. The van der Waals surface area contributed by atoms with Gasteiger partial charge in [0.2, 0.25) is 10.9 Å². The molecule has 9 heteroatoms. The first kappa shape index (κ1) is 16.5. The molecule has 0 bridgehead atoms. The molecule has 7 nitrogen and oxygen atoms in total. The number of anilines is 1. The first-order chi connectivity index (χ1) is 11.6. The highest BCUT2D eigenvalue weighted by Gasteiger charge is 2.12. The monoisotopic (exact) mass is 360 g/mol. The Morgan fingerprint density at radius 1 is 1.33 bits per heavy atom. The van der Waals surface area contributed by atoms with Crippen LogP contribution in [0.1, 0.15) is 26.1 Å². The Labute approximate surface area is 148 Å². The van der Waals surface area contributed by atoms with Gasteiger partial charge in [-0.1, -0.05) is 37.3 Å². The van der Waals surface area contributed by atoms with Gasteiger partial charge in [-0.2, -0.15) is 9.61 Å². The van der Waals surface area contributed by atoms with Crippen LogP contribution in [0.4, 0.5) is 5.69 Å². The zero-order valence-corrected chi connectivity index (χ0v) is 14.9. The summed E-state index contributed by atoms with van der Waals surface area (Å²) < 4.78 is 1.77. The van der Waals surface area contributed by atoms with Gasteiger partial charge in [-0.25, -0.2) is 0 Å². The highest BCUT2D eigenvalue weighted by molar-refractivity contribution is 7.80. The van der Waals surface area contributed by atoms with Crippen molar-refractivity contribution in [1.29, 1.82) is 0 Å². The maximum absolute atomic E-state index is 11.4. The molecule has 1 aromatic carbocycles. The third-order valence-electron chi connectivity index (χ3n) is 3.31. The third kappa shape index (κ3) is 3.41. The third-order valence-corrected chi connectivity index (χ3v) is 4.47. The molecule has 0 aliphatic carbocycles. The van der Waals surface area contributed by atoms with Gasteiger partial charge in [0.25, 0.3) is 0 Å². The molecule has 24 heavy (non-hydrogen) atoms. The van der Waals surface area contributed by atoms with E-state index in [4.69, 9.17) is 12.2 Å². The number of amides is 1. The molecule has 3 rings (SSSR count). The topological polar surface area (TPSA) is 84.2 Å². The van der Waals surface area contributed by atoms with Crippen molar-refractivity contribution < 1.29 is 4.79 Å². The van der Waals surface area contributed by atoms with E-state index in [2.05, 4.69) is 25.9 Å². The maximum atomic E-state index is 11.4. The molecule has 0 saturated carbocycles. The number of carbonyl (C=O) groups excluding carboxylic acids is 1. The van der Waals surface area contributed by atoms with Crippen LogP contribution in [0.5, 0.6) is 0 Å². The largest absolute Gasteiger partial charge is 0.332 e. The summed E-state index contributed by atoms with van der Waals surface area (Å²) in [5.41, 5.74) is 1.73. The highest BCUT2D eigenvalue weighted by atomic mass is 32.1. The van der Waals surface area contributed by atoms with Gasteiger partial charge in [-0.3, -0.25) is 4.79 Å². The van der Waals surface area contributed by atoms with Crippen molar-refractivity contribution in [2.24, 2.45) is 0 Å². The summed E-state index contributed by atoms with van der Waals surface area (Å²) in [4.78, 5) is 12.1. The lowest BCUT2D eigenvalue weighted by Gasteiger charge is -2.09. The van der Waals surface area contributed by atoms with Crippen LogP contribution in [0.3, 0.4) is 0 Å². The van der Waals surface area contributed by atoms with E-state index in [0.29, 0.717) is 6.42 Å². The first-order valence-electron chi connectivity index (χ1n) is 7.53. The Hall–Kier alpha value is -2.39. The van der Waals surface area contributed by atoms with Crippen molar-refractivity contribution in [2.75, 3.05) is 5.32 Å². The second-order valence-corrected chi connectivity index (χ2v) is 6.37. The van der Waals surface area contributed by atoms with Gasteiger partial charge in [-0.05, 0) is 24.4 Å². The highest BCUT2D eigenvalue weighted by Crippen LogP contribution is 2.27. The molecular weight excluding hydrogens is 344 g/mol. The van der Waals surface area contributed by atoms with E-state index in [1.54, 1.807) is 11.4 Å². The van der Waals surface area contributed by atoms with E-state index >= 15 is 0 Å². The fourth-order valence-corrected chi connectivity index (χ4v) is 3.19. The predicted octanol–water partition coefficient (Wildman–Crippen LogP) is 2.64. The second kappa shape index (κ2) is 7.02. The maximum Gasteiger partial charge on any atom is 0.234 e. The molecule has 2 aromatic heterocycles. The average Bonchev–Trinajstić information content (AvgIpc) is 3.15. The molecule has 0 unspecified atom stereocenters. The van der Waals surface area contributed by atoms with Gasteiger partial charge >= 0.3 is 0 Å². The van der Waals surface area contributed by atoms with Gasteiger partial charge in [0.05, 0.1) is 0 Å². The van der Waals surface area contributed by atoms with Crippen LogP contribution < -0.4 is 10.6 Å². The number of carbonyl (C=O) groups is 1. The Kier molecular flexibility index (Phi) is 4.81. The lowest BCUT2D eigenvalue weighted by molar-refractivity contribution is -0.119. The fourth-order valence-electron chi connectivity index (χ4n) is 2.10. The lowest BCUT2D eigenvalue weighted by atomic mass is 10.2. The van der Waals surface area contributed by atoms with Crippen LogP contribution in [0.15, 0.2) is 24.3 Å². The molecule has 0 atom stereocenters. The van der Waals surface area contributed by atoms with E-state index < -0.39 is 0 Å². The van der Waals surface area contributed by atoms with Crippen LogP contribution in [0, 0.1) is 0 Å². The van der Waals surface area contributed by atoms with Gasteiger partial charge in [0, 0.05) is 24.1 Å². The molecular formula is C15H16N6OS2. The fraction of sp³-hybridized carbons (Fsp3) is 0.267. The minimum atomic E-state index is -0.121. The van der Waals surface area contributed by atoms with Crippen molar-refractivity contribution in [3.63, 3.8) is 0 Å². The number of aryl methyl sites for hydroxylation is 1. The number of hydrogen-bond donors (Lipinski definition) is 2. The molecule has 0 fully saturated rings. The van der Waals surface area contributed by atoms with Crippen LogP contribution in [-0.2, 0) is 11.2 Å². The van der Waals surface area contributed by atoms with Crippen LogP contribution in [-0.4, -0.2) is 30.8 Å². The summed E-state index contributed by atoms with van der Waals surface area (Å²) in [5.74, 6) is 0.717. The van der Waals surface area contributed by atoms with E-state index in [0.717, 1.165) is 33.5 Å². The summed E-state index contributed by atoms with van der Waals surface area (Å²) in [7, 11) is 0. The lowest BCUT2D eigenvalue weighted by Crippen LogP contribution is -2.33. The second-order valence-electron chi connectivity index (χ2n) is 5.01. The molecule has 0 aliphatic rings. The molecule has 0 aliphatic heterocycles. The molecule has 1 amide bonds. The van der Waals surface area contributed by atoms with Crippen molar-refractivity contribution in [2.45, 2.75) is 26.7 Å². The van der Waals surface area contributed by atoms with Gasteiger partial charge < -0.3 is 10.6 Å². The first-order valence-corrected chi connectivity index (χ1v) is 8.75. The summed E-state index contributed by atoms with van der Waals surface area (Å²) in [5, 5.41) is 19.6. The van der Waals surface area contributed by atoms with Crippen molar-refractivity contribution in [3.8, 4) is 10.6 Å². The van der Waals surface area contributed by atoms with Gasteiger partial charge in [0.15, 0.2) is 10.9 Å². The van der Waals surface area contributed by atoms with Crippen LogP contribution in [0.2, 0.25) is 0 Å². The van der Waals surface area contributed by atoms with E-state index in [9.17, 15) is 4.79 Å². The van der Waals surface area contributed by atoms with E-state index in [1.807, 2.05) is 31.2 Å². The molecule has 2 heterocycles. The predicted molar refractivity (Wildman–Crippen MR) is 98.1 cm³/mol. The summed E-state index contributed by atoms with van der Waals surface area (Å²) in [6.07, 6.45) is 1.16. The quantitative estimate of drug-likeness (QED) is 0.696. The normalized spacial score (nSPS) is 10.8. The van der Waals surface area contributed by atoms with Crippen LogP contribution >= 0.6 is 23.6 Å². The molecule has 0 saturated heterocycles. The molecule has 124 valence electrons. The zero-order chi connectivity index (χ0) is 17.1.